The highest BCUT2D eigenvalue weighted by molar-refractivity contribution is 5.98. The predicted octanol–water partition coefficient (Wildman–Crippen LogP) is 3.31. The lowest BCUT2D eigenvalue weighted by molar-refractivity contribution is 0.0912. The van der Waals surface area contributed by atoms with Crippen molar-refractivity contribution in [2.45, 2.75) is 44.6 Å². The molecule has 33 heavy (non-hydrogen) atoms. The second kappa shape index (κ2) is 11.0. The van der Waals surface area contributed by atoms with Crippen LogP contribution in [0.2, 0.25) is 0 Å². The highest BCUT2D eigenvalue weighted by atomic mass is 16.5. The SMILES string of the molecule is NCCCC#Cc1cc2c(c(C(=O)N[C@@H](CO)Cc3c[nH]c4ccccc34)c1)OCCCC2. The van der Waals surface area contributed by atoms with Gasteiger partial charge in [-0.05, 0) is 68.0 Å². The van der Waals surface area contributed by atoms with Gasteiger partial charge in [-0.15, -0.1) is 0 Å². The molecule has 0 unspecified atom stereocenters. The van der Waals surface area contributed by atoms with Crippen molar-refractivity contribution < 1.29 is 14.6 Å². The van der Waals surface area contributed by atoms with Crippen LogP contribution in [-0.2, 0) is 12.8 Å². The normalized spacial score (nSPS) is 13.9. The van der Waals surface area contributed by atoms with Gasteiger partial charge < -0.3 is 25.9 Å². The van der Waals surface area contributed by atoms with Gasteiger partial charge in [-0.3, -0.25) is 4.79 Å². The number of aryl methyl sites for hydroxylation is 1. The molecule has 1 amide bonds. The predicted molar refractivity (Wildman–Crippen MR) is 130 cm³/mol. The van der Waals surface area contributed by atoms with Crippen LogP contribution >= 0.6 is 0 Å². The van der Waals surface area contributed by atoms with E-state index >= 15 is 0 Å². The third-order valence-corrected chi connectivity index (χ3v) is 5.93. The van der Waals surface area contributed by atoms with Crippen LogP contribution in [-0.4, -0.2) is 41.8 Å². The van der Waals surface area contributed by atoms with Gasteiger partial charge in [0.2, 0.25) is 0 Å². The number of nitrogens with two attached hydrogens (primary N) is 1. The van der Waals surface area contributed by atoms with Crippen molar-refractivity contribution >= 4 is 16.8 Å². The Morgan fingerprint density at radius 2 is 2.15 bits per heavy atom. The van der Waals surface area contributed by atoms with Gasteiger partial charge >= 0.3 is 0 Å². The zero-order chi connectivity index (χ0) is 23.0. The molecule has 2 aromatic carbocycles. The molecular weight excluding hydrogens is 414 g/mol. The van der Waals surface area contributed by atoms with Crippen molar-refractivity contribution in [1.82, 2.24) is 10.3 Å². The van der Waals surface area contributed by atoms with E-state index in [4.69, 9.17) is 10.5 Å². The zero-order valence-corrected chi connectivity index (χ0v) is 18.8. The number of aromatic nitrogens is 1. The summed E-state index contributed by atoms with van der Waals surface area (Å²) in [6.07, 6.45) is 6.85. The summed E-state index contributed by atoms with van der Waals surface area (Å²) in [6.45, 7) is 1.04. The number of aliphatic hydroxyl groups is 1. The Kier molecular flexibility index (Phi) is 7.66. The molecule has 4 rings (SSSR count). The topological polar surface area (TPSA) is 100 Å². The summed E-state index contributed by atoms with van der Waals surface area (Å²) in [4.78, 5) is 16.6. The molecular formula is C27H31N3O3. The summed E-state index contributed by atoms with van der Waals surface area (Å²) in [5.74, 6) is 6.71. The number of unbranched alkanes of at least 4 members (excludes halogenated alkanes) is 1. The van der Waals surface area contributed by atoms with Crippen LogP contribution in [0.25, 0.3) is 10.9 Å². The Morgan fingerprint density at radius 1 is 1.27 bits per heavy atom. The number of aromatic amines is 1. The molecule has 6 nitrogen and oxygen atoms in total. The Morgan fingerprint density at radius 3 is 3.00 bits per heavy atom. The second-order valence-electron chi connectivity index (χ2n) is 8.43. The van der Waals surface area contributed by atoms with Crippen LogP contribution in [0.5, 0.6) is 5.75 Å². The van der Waals surface area contributed by atoms with Gasteiger partial charge in [-0.1, -0.05) is 30.0 Å². The maximum absolute atomic E-state index is 13.3. The van der Waals surface area contributed by atoms with Crippen LogP contribution in [0.1, 0.15) is 52.7 Å². The number of rotatable bonds is 7. The van der Waals surface area contributed by atoms with E-state index in [1.165, 1.54) is 0 Å². The number of carbonyl (C=O) groups excluding carboxylic acids is 1. The minimum absolute atomic E-state index is 0.160. The Labute approximate surface area is 194 Å². The molecule has 0 fully saturated rings. The Balaban J connectivity index is 1.57. The third kappa shape index (κ3) is 5.57. The smallest absolute Gasteiger partial charge is 0.255 e. The molecule has 172 valence electrons. The number of aliphatic hydroxyl groups excluding tert-OH is 1. The van der Waals surface area contributed by atoms with E-state index in [0.717, 1.165) is 59.7 Å². The molecule has 6 heteroatoms. The van der Waals surface area contributed by atoms with Crippen LogP contribution in [0, 0.1) is 11.8 Å². The molecule has 0 saturated carbocycles. The van der Waals surface area contributed by atoms with Gasteiger partial charge in [0, 0.05) is 29.1 Å². The highest BCUT2D eigenvalue weighted by Crippen LogP contribution is 2.30. The number of amides is 1. The van der Waals surface area contributed by atoms with E-state index in [0.29, 0.717) is 30.9 Å². The maximum Gasteiger partial charge on any atom is 0.255 e. The van der Waals surface area contributed by atoms with Gasteiger partial charge in [0.1, 0.15) is 5.75 Å². The molecule has 1 aliphatic rings. The number of H-pyrrole nitrogens is 1. The monoisotopic (exact) mass is 445 g/mol. The first kappa shape index (κ1) is 22.9. The molecule has 1 aromatic heterocycles. The van der Waals surface area contributed by atoms with Crippen LogP contribution in [0.15, 0.2) is 42.6 Å². The average Bonchev–Trinajstić information content (AvgIpc) is 3.08. The average molecular weight is 446 g/mol. The van der Waals surface area contributed by atoms with Crippen LogP contribution < -0.4 is 15.8 Å². The Hall–Kier alpha value is -3.27. The number of carbonyl (C=O) groups is 1. The van der Waals surface area contributed by atoms with Gasteiger partial charge in [-0.25, -0.2) is 0 Å². The van der Waals surface area contributed by atoms with Crippen molar-refractivity contribution in [2.24, 2.45) is 5.73 Å². The van der Waals surface area contributed by atoms with Crippen LogP contribution in [0.4, 0.5) is 0 Å². The highest BCUT2D eigenvalue weighted by Gasteiger charge is 2.22. The first-order valence-corrected chi connectivity index (χ1v) is 11.6. The van der Waals surface area contributed by atoms with E-state index in [2.05, 4.69) is 22.1 Å². The summed E-state index contributed by atoms with van der Waals surface area (Å²) in [7, 11) is 0. The molecule has 2 heterocycles. The lowest BCUT2D eigenvalue weighted by Gasteiger charge is -2.19. The molecule has 0 radical (unpaired) electrons. The summed E-state index contributed by atoms with van der Waals surface area (Å²) in [5.41, 5.74) is 9.95. The van der Waals surface area contributed by atoms with E-state index < -0.39 is 6.04 Å². The van der Waals surface area contributed by atoms with Gasteiger partial charge in [0.05, 0.1) is 24.8 Å². The fraction of sp³-hybridized carbons (Fsp3) is 0.370. The molecule has 0 bridgehead atoms. The largest absolute Gasteiger partial charge is 0.492 e. The number of hydrogen-bond donors (Lipinski definition) is 4. The number of para-hydroxylation sites is 1. The van der Waals surface area contributed by atoms with E-state index in [-0.39, 0.29) is 12.5 Å². The van der Waals surface area contributed by atoms with Gasteiger partial charge in [0.15, 0.2) is 0 Å². The molecule has 1 atom stereocenters. The molecule has 3 aromatic rings. The molecule has 0 spiro atoms. The molecule has 0 aliphatic carbocycles. The number of nitrogens with one attached hydrogen (secondary N) is 2. The van der Waals surface area contributed by atoms with E-state index in [9.17, 15) is 9.90 Å². The number of fused-ring (bicyclic) bond motifs is 2. The second-order valence-corrected chi connectivity index (χ2v) is 8.43. The molecule has 5 N–H and O–H groups in total. The third-order valence-electron chi connectivity index (χ3n) is 5.93. The van der Waals surface area contributed by atoms with E-state index in [1.54, 1.807) is 6.07 Å². The summed E-state index contributed by atoms with van der Waals surface area (Å²) in [6, 6.07) is 11.4. The lowest BCUT2D eigenvalue weighted by atomic mass is 9.99. The van der Waals surface area contributed by atoms with Crippen molar-refractivity contribution in [2.75, 3.05) is 19.8 Å². The lowest BCUT2D eigenvalue weighted by Crippen LogP contribution is -2.39. The van der Waals surface area contributed by atoms with Crippen LogP contribution in [0.3, 0.4) is 0 Å². The minimum atomic E-state index is -0.419. The maximum atomic E-state index is 13.3. The zero-order valence-electron chi connectivity index (χ0n) is 18.8. The molecule has 1 aliphatic heterocycles. The first-order chi connectivity index (χ1) is 16.2. The number of hydrogen-bond acceptors (Lipinski definition) is 4. The van der Waals surface area contributed by atoms with Gasteiger partial charge in [0.25, 0.3) is 5.91 Å². The van der Waals surface area contributed by atoms with Crippen molar-refractivity contribution in [3.05, 3.63) is 64.8 Å². The summed E-state index contributed by atoms with van der Waals surface area (Å²) in [5, 5.41) is 14.1. The standard InChI is InChI=1S/C27H31N3O3/c28-12-6-1-2-8-19-14-20-9-5-7-13-33-26(20)24(15-19)27(32)30-22(18-31)16-21-17-29-25-11-4-3-10-23(21)25/h3-4,10-11,14-15,17,22,29,31H,1,5-7,9,12-13,16,18,28H2,(H,30,32)/t22-/m1/s1. The quantitative estimate of drug-likeness (QED) is 0.331. The number of benzene rings is 2. The summed E-state index contributed by atoms with van der Waals surface area (Å²) >= 11 is 0. The summed E-state index contributed by atoms with van der Waals surface area (Å²) < 4.78 is 5.98. The number of ether oxygens (including phenoxy) is 1. The van der Waals surface area contributed by atoms with Gasteiger partial charge in [-0.2, -0.15) is 0 Å². The van der Waals surface area contributed by atoms with E-state index in [1.807, 2.05) is 36.5 Å². The van der Waals surface area contributed by atoms with Crippen molar-refractivity contribution in [3.63, 3.8) is 0 Å². The first-order valence-electron chi connectivity index (χ1n) is 11.6. The van der Waals surface area contributed by atoms with Crippen molar-refractivity contribution in [3.8, 4) is 17.6 Å². The minimum Gasteiger partial charge on any atom is -0.492 e. The van der Waals surface area contributed by atoms with Crippen molar-refractivity contribution in [1.29, 1.82) is 0 Å². The fourth-order valence-electron chi connectivity index (χ4n) is 4.22. The molecule has 0 saturated heterocycles. The fourth-order valence-corrected chi connectivity index (χ4v) is 4.22. The Bertz CT molecular complexity index is 1170.